The SMILES string of the molecule is C1=COc2ccccc2C1.CC(C)Oc1c(C(=O)O)cccc1C(C)C. The molecule has 0 atom stereocenters. The van der Waals surface area contributed by atoms with Crippen molar-refractivity contribution in [1.29, 1.82) is 0 Å². The van der Waals surface area contributed by atoms with Crippen molar-refractivity contribution >= 4 is 5.97 Å². The molecule has 0 spiro atoms. The molecule has 0 saturated heterocycles. The van der Waals surface area contributed by atoms with Crippen molar-refractivity contribution in [2.24, 2.45) is 0 Å². The van der Waals surface area contributed by atoms with Gasteiger partial charge in [-0.2, -0.15) is 0 Å². The molecular formula is C22H26O4. The Balaban J connectivity index is 0.000000206. The largest absolute Gasteiger partial charge is 0.490 e. The minimum absolute atomic E-state index is 0.0296. The summed E-state index contributed by atoms with van der Waals surface area (Å²) in [6.45, 7) is 7.83. The van der Waals surface area contributed by atoms with Crippen molar-refractivity contribution in [3.63, 3.8) is 0 Å². The molecule has 4 heteroatoms. The first-order valence-electron chi connectivity index (χ1n) is 8.82. The normalized spacial score (nSPS) is 12.1. The second-order valence-electron chi connectivity index (χ2n) is 6.65. The zero-order valence-electron chi connectivity index (χ0n) is 15.7. The van der Waals surface area contributed by atoms with Gasteiger partial charge in [0.1, 0.15) is 17.1 Å². The molecule has 0 amide bonds. The van der Waals surface area contributed by atoms with Crippen molar-refractivity contribution in [1.82, 2.24) is 0 Å². The van der Waals surface area contributed by atoms with Gasteiger partial charge in [0.25, 0.3) is 0 Å². The summed E-state index contributed by atoms with van der Waals surface area (Å²) < 4.78 is 10.9. The monoisotopic (exact) mass is 354 g/mol. The van der Waals surface area contributed by atoms with Gasteiger partial charge in [0.05, 0.1) is 12.4 Å². The first-order chi connectivity index (χ1) is 12.4. The summed E-state index contributed by atoms with van der Waals surface area (Å²) in [6.07, 6.45) is 4.72. The van der Waals surface area contributed by atoms with Gasteiger partial charge in [-0.1, -0.05) is 44.2 Å². The summed E-state index contributed by atoms with van der Waals surface area (Å²) in [5.41, 5.74) is 2.44. The number of benzene rings is 2. The van der Waals surface area contributed by atoms with E-state index < -0.39 is 5.97 Å². The number of aromatic carboxylic acids is 1. The zero-order valence-corrected chi connectivity index (χ0v) is 15.7. The van der Waals surface area contributed by atoms with Crippen LogP contribution in [0.2, 0.25) is 0 Å². The van der Waals surface area contributed by atoms with Gasteiger partial charge in [0.15, 0.2) is 0 Å². The molecule has 1 aliphatic heterocycles. The van der Waals surface area contributed by atoms with Crippen LogP contribution in [0.4, 0.5) is 0 Å². The van der Waals surface area contributed by atoms with Crippen LogP contribution >= 0.6 is 0 Å². The van der Waals surface area contributed by atoms with Gasteiger partial charge in [0, 0.05) is 0 Å². The van der Waals surface area contributed by atoms with E-state index in [1.54, 1.807) is 18.4 Å². The Hall–Kier alpha value is -2.75. The molecule has 3 rings (SSSR count). The number of carbonyl (C=O) groups is 1. The Morgan fingerprint density at radius 2 is 1.81 bits per heavy atom. The van der Waals surface area contributed by atoms with Crippen LogP contribution in [0.25, 0.3) is 0 Å². The molecule has 138 valence electrons. The number of allylic oxidation sites excluding steroid dienone is 1. The molecule has 0 saturated carbocycles. The van der Waals surface area contributed by atoms with Crippen molar-refractivity contribution in [2.75, 3.05) is 0 Å². The summed E-state index contributed by atoms with van der Waals surface area (Å²) in [6, 6.07) is 13.3. The van der Waals surface area contributed by atoms with E-state index >= 15 is 0 Å². The fourth-order valence-corrected chi connectivity index (χ4v) is 2.63. The predicted octanol–water partition coefficient (Wildman–Crippen LogP) is 5.43. The molecule has 1 N–H and O–H groups in total. The van der Waals surface area contributed by atoms with Crippen LogP contribution < -0.4 is 9.47 Å². The van der Waals surface area contributed by atoms with Crippen molar-refractivity contribution in [3.8, 4) is 11.5 Å². The van der Waals surface area contributed by atoms with Crippen LogP contribution in [0.15, 0.2) is 54.8 Å². The first kappa shape index (κ1) is 19.6. The van der Waals surface area contributed by atoms with Crippen molar-refractivity contribution in [3.05, 3.63) is 71.5 Å². The van der Waals surface area contributed by atoms with Crippen LogP contribution in [0, 0.1) is 0 Å². The van der Waals surface area contributed by atoms with Crippen LogP contribution in [-0.2, 0) is 6.42 Å². The van der Waals surface area contributed by atoms with E-state index in [9.17, 15) is 4.79 Å². The minimum Gasteiger partial charge on any atom is -0.490 e. The van der Waals surface area contributed by atoms with E-state index in [-0.39, 0.29) is 17.6 Å². The Kier molecular flexibility index (Phi) is 6.84. The molecular weight excluding hydrogens is 328 g/mol. The molecule has 0 unspecified atom stereocenters. The van der Waals surface area contributed by atoms with Gasteiger partial charge in [-0.3, -0.25) is 0 Å². The Morgan fingerprint density at radius 1 is 1.08 bits per heavy atom. The molecule has 0 radical (unpaired) electrons. The molecule has 2 aromatic rings. The molecule has 0 aliphatic carbocycles. The predicted molar refractivity (Wildman–Crippen MR) is 103 cm³/mol. The molecule has 0 aromatic heterocycles. The van der Waals surface area contributed by atoms with Crippen LogP contribution in [0.5, 0.6) is 11.5 Å². The molecule has 1 heterocycles. The molecule has 1 aliphatic rings. The van der Waals surface area contributed by atoms with Gasteiger partial charge in [-0.05, 0) is 55.5 Å². The lowest BCUT2D eigenvalue weighted by Crippen LogP contribution is -2.12. The van der Waals surface area contributed by atoms with Crippen LogP contribution in [0.1, 0.15) is 55.1 Å². The zero-order chi connectivity index (χ0) is 19.1. The molecule has 4 nitrogen and oxygen atoms in total. The van der Waals surface area contributed by atoms with Crippen LogP contribution in [-0.4, -0.2) is 17.2 Å². The van der Waals surface area contributed by atoms with Gasteiger partial charge >= 0.3 is 5.97 Å². The van der Waals surface area contributed by atoms with E-state index in [1.165, 1.54) is 5.56 Å². The van der Waals surface area contributed by atoms with Gasteiger partial charge in [0.2, 0.25) is 0 Å². The average Bonchev–Trinajstić information content (AvgIpc) is 2.61. The number of hydrogen-bond acceptors (Lipinski definition) is 3. The third-order valence-electron chi connectivity index (χ3n) is 3.85. The highest BCUT2D eigenvalue weighted by atomic mass is 16.5. The maximum atomic E-state index is 11.1. The smallest absolute Gasteiger partial charge is 0.339 e. The number of ether oxygens (including phenoxy) is 2. The number of fused-ring (bicyclic) bond motifs is 1. The summed E-state index contributed by atoms with van der Waals surface area (Å²) in [5.74, 6) is 0.788. The highest BCUT2D eigenvalue weighted by molar-refractivity contribution is 5.91. The second kappa shape index (κ2) is 9.09. The summed E-state index contributed by atoms with van der Waals surface area (Å²) >= 11 is 0. The summed E-state index contributed by atoms with van der Waals surface area (Å²) in [5, 5.41) is 9.10. The quantitative estimate of drug-likeness (QED) is 0.795. The number of hydrogen-bond donors (Lipinski definition) is 1. The van der Waals surface area contributed by atoms with Crippen molar-refractivity contribution < 1.29 is 19.4 Å². The van der Waals surface area contributed by atoms with Gasteiger partial charge in [-0.25, -0.2) is 4.79 Å². The lowest BCUT2D eigenvalue weighted by atomic mass is 9.99. The highest BCUT2D eigenvalue weighted by Gasteiger charge is 2.18. The van der Waals surface area contributed by atoms with E-state index in [0.29, 0.717) is 5.75 Å². The molecule has 26 heavy (non-hydrogen) atoms. The fraction of sp³-hybridized carbons (Fsp3) is 0.318. The highest BCUT2D eigenvalue weighted by Crippen LogP contribution is 2.31. The topological polar surface area (TPSA) is 55.8 Å². The van der Waals surface area contributed by atoms with Gasteiger partial charge < -0.3 is 14.6 Å². The van der Waals surface area contributed by atoms with E-state index in [1.807, 2.05) is 58.0 Å². The lowest BCUT2D eigenvalue weighted by Gasteiger charge is -2.18. The molecule has 0 bridgehead atoms. The number of rotatable bonds is 4. The van der Waals surface area contributed by atoms with E-state index in [0.717, 1.165) is 17.7 Å². The Morgan fingerprint density at radius 3 is 2.42 bits per heavy atom. The van der Waals surface area contributed by atoms with E-state index in [4.69, 9.17) is 14.6 Å². The fourth-order valence-electron chi connectivity index (χ4n) is 2.63. The third kappa shape index (κ3) is 5.12. The number of carboxylic acid groups (broad SMARTS) is 1. The Labute approximate surface area is 155 Å². The maximum absolute atomic E-state index is 11.1. The standard InChI is InChI=1S/C13H18O3.C9H8O/c1-8(2)10-6-5-7-11(13(14)15)12(10)16-9(3)4;1-2-6-9-8(4-1)5-3-7-10-9/h5-9H,1-4H3,(H,14,15);1-4,6-7H,5H2. The van der Waals surface area contributed by atoms with E-state index in [2.05, 4.69) is 6.07 Å². The minimum atomic E-state index is -0.946. The lowest BCUT2D eigenvalue weighted by molar-refractivity contribution is 0.0690. The average molecular weight is 354 g/mol. The third-order valence-corrected chi connectivity index (χ3v) is 3.85. The van der Waals surface area contributed by atoms with Gasteiger partial charge in [-0.15, -0.1) is 0 Å². The first-order valence-corrected chi connectivity index (χ1v) is 8.82. The summed E-state index contributed by atoms with van der Waals surface area (Å²) in [4.78, 5) is 11.1. The van der Waals surface area contributed by atoms with Crippen LogP contribution in [0.3, 0.4) is 0 Å². The second-order valence-corrected chi connectivity index (χ2v) is 6.65. The molecule has 2 aromatic carbocycles. The maximum Gasteiger partial charge on any atom is 0.339 e. The molecule has 0 fully saturated rings. The Bertz CT molecular complexity index is 748. The number of para-hydroxylation sites is 2. The summed E-state index contributed by atoms with van der Waals surface area (Å²) in [7, 11) is 0. The number of carboxylic acids is 1. The van der Waals surface area contributed by atoms with Crippen molar-refractivity contribution in [2.45, 2.75) is 46.1 Å².